The van der Waals surface area contributed by atoms with Gasteiger partial charge < -0.3 is 19.9 Å². The average Bonchev–Trinajstić information content (AvgIpc) is 3.59. The molecule has 6 rings (SSSR count). The van der Waals surface area contributed by atoms with Gasteiger partial charge in [0.1, 0.15) is 0 Å². The van der Waals surface area contributed by atoms with Crippen LogP contribution < -0.4 is 5.32 Å². The first kappa shape index (κ1) is 20.5. The minimum atomic E-state index is -0.502. The summed E-state index contributed by atoms with van der Waals surface area (Å²) < 4.78 is 5.92. The van der Waals surface area contributed by atoms with Crippen molar-refractivity contribution in [2.24, 2.45) is 0 Å². The highest BCUT2D eigenvalue weighted by atomic mass is 16.5. The molecule has 0 bridgehead atoms. The summed E-state index contributed by atoms with van der Waals surface area (Å²) >= 11 is 0. The Kier molecular flexibility index (Phi) is 4.98. The summed E-state index contributed by atoms with van der Waals surface area (Å²) in [6.45, 7) is 1.31. The molecule has 6 heteroatoms. The van der Waals surface area contributed by atoms with Gasteiger partial charge in [0, 0.05) is 36.1 Å². The lowest BCUT2D eigenvalue weighted by Crippen LogP contribution is -2.61. The third-order valence-corrected chi connectivity index (χ3v) is 7.79. The summed E-state index contributed by atoms with van der Waals surface area (Å²) in [5.74, 6) is -0.408. The molecule has 33 heavy (non-hydrogen) atoms. The number of carbonyl (C=O) groups is 2. The molecule has 1 aliphatic carbocycles. The quantitative estimate of drug-likeness (QED) is 0.606. The van der Waals surface area contributed by atoms with Crippen LogP contribution in [0.2, 0.25) is 0 Å². The summed E-state index contributed by atoms with van der Waals surface area (Å²) in [6.07, 6.45) is 7.67. The lowest BCUT2D eigenvalue weighted by molar-refractivity contribution is -0.121. The Morgan fingerprint density at radius 3 is 2.79 bits per heavy atom. The SMILES string of the molecule is O=C(Nc1ccc2cc[nH]c2c1)[C@@H]1c2ccccc2C(=O)N(C[C@@H]2CCCO2)C12CCCC2. The Balaban J connectivity index is 1.41. The van der Waals surface area contributed by atoms with Crippen LogP contribution in [0.1, 0.15) is 60.4 Å². The largest absolute Gasteiger partial charge is 0.376 e. The van der Waals surface area contributed by atoms with Gasteiger partial charge in [0.25, 0.3) is 5.91 Å². The van der Waals surface area contributed by atoms with Crippen molar-refractivity contribution >= 4 is 28.4 Å². The van der Waals surface area contributed by atoms with E-state index in [2.05, 4.69) is 10.3 Å². The minimum absolute atomic E-state index is 0.0415. The molecule has 1 aromatic heterocycles. The van der Waals surface area contributed by atoms with Gasteiger partial charge in [0.15, 0.2) is 0 Å². The number of nitrogens with zero attached hydrogens (tertiary/aromatic N) is 1. The maximum atomic E-state index is 14.0. The van der Waals surface area contributed by atoms with Crippen molar-refractivity contribution in [2.75, 3.05) is 18.5 Å². The molecule has 6 nitrogen and oxygen atoms in total. The first-order valence-electron chi connectivity index (χ1n) is 12.1. The number of rotatable bonds is 4. The van der Waals surface area contributed by atoms with Crippen LogP contribution in [0.15, 0.2) is 54.7 Å². The fourth-order valence-corrected chi connectivity index (χ4v) is 6.26. The van der Waals surface area contributed by atoms with E-state index in [-0.39, 0.29) is 17.9 Å². The Hall–Kier alpha value is -3.12. The highest BCUT2D eigenvalue weighted by Gasteiger charge is 2.56. The summed E-state index contributed by atoms with van der Waals surface area (Å²) in [7, 11) is 0. The molecule has 3 aliphatic rings. The van der Waals surface area contributed by atoms with Crippen LogP contribution in [0.4, 0.5) is 5.69 Å². The number of hydrogen-bond acceptors (Lipinski definition) is 3. The number of H-pyrrole nitrogens is 1. The van der Waals surface area contributed by atoms with Gasteiger partial charge in [-0.2, -0.15) is 0 Å². The second-order valence-electron chi connectivity index (χ2n) is 9.65. The molecule has 2 aromatic carbocycles. The fourth-order valence-electron chi connectivity index (χ4n) is 6.26. The summed E-state index contributed by atoms with van der Waals surface area (Å²) in [5.41, 5.74) is 2.75. The number of aromatic nitrogens is 1. The number of nitrogens with one attached hydrogen (secondary N) is 2. The third kappa shape index (κ3) is 3.35. The van der Waals surface area contributed by atoms with Gasteiger partial charge in [0.2, 0.25) is 5.91 Å². The van der Waals surface area contributed by atoms with Gasteiger partial charge in [-0.15, -0.1) is 0 Å². The van der Waals surface area contributed by atoms with Crippen LogP contribution in [0.25, 0.3) is 10.9 Å². The molecule has 1 spiro atoms. The summed E-state index contributed by atoms with van der Waals surface area (Å²) in [6, 6.07) is 15.6. The van der Waals surface area contributed by atoms with E-state index in [0.29, 0.717) is 12.1 Å². The monoisotopic (exact) mass is 443 g/mol. The molecule has 1 saturated heterocycles. The van der Waals surface area contributed by atoms with Crippen LogP contribution in [-0.2, 0) is 9.53 Å². The van der Waals surface area contributed by atoms with Crippen molar-refractivity contribution in [3.8, 4) is 0 Å². The number of amides is 2. The van der Waals surface area contributed by atoms with Gasteiger partial charge in [-0.25, -0.2) is 0 Å². The molecular weight excluding hydrogens is 414 g/mol. The molecule has 170 valence electrons. The highest BCUT2D eigenvalue weighted by molar-refractivity contribution is 6.05. The average molecular weight is 444 g/mol. The van der Waals surface area contributed by atoms with Gasteiger partial charge in [-0.1, -0.05) is 37.1 Å². The molecule has 2 aliphatic heterocycles. The van der Waals surface area contributed by atoms with Gasteiger partial charge in [-0.3, -0.25) is 9.59 Å². The number of benzene rings is 2. The normalized spacial score (nSPS) is 23.9. The first-order valence-corrected chi connectivity index (χ1v) is 12.1. The van der Waals surface area contributed by atoms with Crippen molar-refractivity contribution in [1.29, 1.82) is 0 Å². The fraction of sp³-hybridized carbons (Fsp3) is 0.407. The van der Waals surface area contributed by atoms with Crippen LogP contribution in [0.3, 0.4) is 0 Å². The van der Waals surface area contributed by atoms with Crippen LogP contribution in [-0.4, -0.2) is 46.5 Å². The second-order valence-corrected chi connectivity index (χ2v) is 9.65. The molecule has 2 amide bonds. The molecule has 2 N–H and O–H groups in total. The van der Waals surface area contributed by atoms with E-state index < -0.39 is 11.5 Å². The number of aromatic amines is 1. The maximum absolute atomic E-state index is 14.0. The third-order valence-electron chi connectivity index (χ3n) is 7.79. The molecule has 3 heterocycles. The van der Waals surface area contributed by atoms with Crippen molar-refractivity contribution in [1.82, 2.24) is 9.88 Å². The van der Waals surface area contributed by atoms with Crippen molar-refractivity contribution < 1.29 is 14.3 Å². The van der Waals surface area contributed by atoms with E-state index in [9.17, 15) is 9.59 Å². The van der Waals surface area contributed by atoms with E-state index in [0.717, 1.165) is 67.3 Å². The van der Waals surface area contributed by atoms with Crippen molar-refractivity contribution in [2.45, 2.75) is 56.1 Å². The Morgan fingerprint density at radius 1 is 1.12 bits per heavy atom. The van der Waals surface area contributed by atoms with E-state index in [1.807, 2.05) is 59.6 Å². The van der Waals surface area contributed by atoms with Crippen LogP contribution in [0, 0.1) is 0 Å². The van der Waals surface area contributed by atoms with E-state index in [1.165, 1.54) is 0 Å². The van der Waals surface area contributed by atoms with Crippen LogP contribution in [0.5, 0.6) is 0 Å². The molecule has 0 radical (unpaired) electrons. The number of anilines is 1. The smallest absolute Gasteiger partial charge is 0.254 e. The van der Waals surface area contributed by atoms with Gasteiger partial charge in [0.05, 0.1) is 17.6 Å². The Bertz CT molecular complexity index is 1200. The van der Waals surface area contributed by atoms with Gasteiger partial charge >= 0.3 is 0 Å². The van der Waals surface area contributed by atoms with E-state index >= 15 is 0 Å². The zero-order valence-corrected chi connectivity index (χ0v) is 18.7. The number of fused-ring (bicyclic) bond motifs is 2. The molecule has 3 aromatic rings. The molecule has 2 atom stereocenters. The first-order chi connectivity index (χ1) is 16.2. The number of carbonyl (C=O) groups excluding carboxylic acids is 2. The Morgan fingerprint density at radius 2 is 1.97 bits per heavy atom. The molecule has 2 fully saturated rings. The topological polar surface area (TPSA) is 74.4 Å². The predicted molar refractivity (Wildman–Crippen MR) is 127 cm³/mol. The second kappa shape index (κ2) is 8.03. The standard InChI is InChI=1S/C27H29N3O3/c31-25(29-19-10-9-18-11-14-28-23(18)16-19)24-21-7-1-2-8-22(21)26(32)30(17-20-6-5-15-33-20)27(24)12-3-4-13-27/h1-2,7-11,14,16,20,24,28H,3-6,12-13,15,17H2,(H,29,31)/t20-,24-/m0/s1. The van der Waals surface area contributed by atoms with Crippen molar-refractivity contribution in [3.63, 3.8) is 0 Å². The zero-order chi connectivity index (χ0) is 22.4. The van der Waals surface area contributed by atoms with Crippen LogP contribution >= 0.6 is 0 Å². The van der Waals surface area contributed by atoms with Crippen molar-refractivity contribution in [3.05, 3.63) is 65.9 Å². The predicted octanol–water partition coefficient (Wildman–Crippen LogP) is 4.84. The Labute approximate surface area is 193 Å². The zero-order valence-electron chi connectivity index (χ0n) is 18.7. The lowest BCUT2D eigenvalue weighted by Gasteiger charge is -2.50. The minimum Gasteiger partial charge on any atom is -0.376 e. The number of ether oxygens (including phenoxy) is 1. The lowest BCUT2D eigenvalue weighted by atomic mass is 9.71. The van der Waals surface area contributed by atoms with E-state index in [4.69, 9.17) is 4.74 Å². The maximum Gasteiger partial charge on any atom is 0.254 e. The molecular formula is C27H29N3O3. The number of hydrogen-bond donors (Lipinski definition) is 2. The molecule has 1 saturated carbocycles. The molecule has 0 unspecified atom stereocenters. The van der Waals surface area contributed by atoms with Gasteiger partial charge in [-0.05, 0) is 60.9 Å². The highest BCUT2D eigenvalue weighted by Crippen LogP contribution is 2.51. The van der Waals surface area contributed by atoms with E-state index in [1.54, 1.807) is 0 Å². The summed E-state index contributed by atoms with van der Waals surface area (Å²) in [5, 5.41) is 4.29. The summed E-state index contributed by atoms with van der Waals surface area (Å²) in [4.78, 5) is 32.9.